The highest BCUT2D eigenvalue weighted by Gasteiger charge is 2.29. The number of nitrogens with zero attached hydrogens (tertiary/aromatic N) is 5. The van der Waals surface area contributed by atoms with Gasteiger partial charge in [-0.25, -0.2) is 4.98 Å². The van der Waals surface area contributed by atoms with Gasteiger partial charge in [-0.05, 0) is 30.5 Å². The van der Waals surface area contributed by atoms with Gasteiger partial charge in [0.2, 0.25) is 5.95 Å². The average Bonchev–Trinajstić information content (AvgIpc) is 3.23. The highest BCUT2D eigenvalue weighted by atomic mass is 15.3. The monoisotopic (exact) mass is 323 g/mol. The maximum Gasteiger partial charge on any atom is 0.224 e. The zero-order valence-electron chi connectivity index (χ0n) is 13.9. The standard InChI is InChI=1S/C17H21N7/c1-23(2)12-6-3-5-11(9-12)13-7-4-8-24(13)16-14-15(20-10-19-14)21-17(18)22-16/h3,5-6,9-10,13H,4,7-8H2,1-2H3,(H3,18,19,20,21,22). The van der Waals surface area contributed by atoms with Crippen molar-refractivity contribution in [3.05, 3.63) is 36.2 Å². The minimum atomic E-state index is 0.261. The number of rotatable bonds is 3. The van der Waals surface area contributed by atoms with Crippen LogP contribution in [-0.4, -0.2) is 40.6 Å². The molecule has 24 heavy (non-hydrogen) atoms. The quantitative estimate of drug-likeness (QED) is 0.769. The van der Waals surface area contributed by atoms with Crippen molar-refractivity contribution >= 4 is 28.6 Å². The summed E-state index contributed by atoms with van der Waals surface area (Å²) in [4.78, 5) is 20.5. The number of aromatic amines is 1. The van der Waals surface area contributed by atoms with E-state index in [0.717, 1.165) is 30.7 Å². The molecule has 1 aliphatic rings. The van der Waals surface area contributed by atoms with Crippen molar-refractivity contribution in [3.63, 3.8) is 0 Å². The second kappa shape index (κ2) is 5.67. The lowest BCUT2D eigenvalue weighted by Crippen LogP contribution is -2.24. The van der Waals surface area contributed by atoms with Gasteiger partial charge in [-0.2, -0.15) is 9.97 Å². The van der Waals surface area contributed by atoms with Crippen LogP contribution in [0.1, 0.15) is 24.4 Å². The second-order valence-corrected chi connectivity index (χ2v) is 6.35. The molecule has 0 amide bonds. The first-order valence-corrected chi connectivity index (χ1v) is 8.14. The molecule has 3 aromatic rings. The van der Waals surface area contributed by atoms with Gasteiger partial charge in [0, 0.05) is 26.3 Å². The minimum Gasteiger partial charge on any atom is -0.378 e. The Morgan fingerprint density at radius 3 is 3.00 bits per heavy atom. The van der Waals surface area contributed by atoms with Crippen molar-refractivity contribution in [1.29, 1.82) is 0 Å². The lowest BCUT2D eigenvalue weighted by atomic mass is 10.0. The van der Waals surface area contributed by atoms with Crippen LogP contribution in [0.25, 0.3) is 11.2 Å². The van der Waals surface area contributed by atoms with Gasteiger partial charge >= 0.3 is 0 Å². The maximum absolute atomic E-state index is 5.89. The molecule has 1 aromatic carbocycles. The van der Waals surface area contributed by atoms with E-state index in [9.17, 15) is 0 Å². The van der Waals surface area contributed by atoms with E-state index >= 15 is 0 Å². The molecule has 1 fully saturated rings. The predicted molar refractivity (Wildman–Crippen MR) is 96.2 cm³/mol. The maximum atomic E-state index is 5.89. The van der Waals surface area contributed by atoms with Crippen LogP contribution in [0.2, 0.25) is 0 Å². The van der Waals surface area contributed by atoms with Crippen molar-refractivity contribution < 1.29 is 0 Å². The molecule has 124 valence electrons. The summed E-state index contributed by atoms with van der Waals surface area (Å²) in [5.74, 6) is 1.10. The number of hydrogen-bond donors (Lipinski definition) is 2. The van der Waals surface area contributed by atoms with Crippen LogP contribution in [0, 0.1) is 0 Å². The molecular weight excluding hydrogens is 302 g/mol. The van der Waals surface area contributed by atoms with Gasteiger partial charge in [0.1, 0.15) is 5.52 Å². The zero-order valence-corrected chi connectivity index (χ0v) is 13.9. The Hall–Kier alpha value is -2.83. The van der Waals surface area contributed by atoms with Crippen LogP contribution in [-0.2, 0) is 0 Å². The van der Waals surface area contributed by atoms with E-state index in [-0.39, 0.29) is 12.0 Å². The first kappa shape index (κ1) is 14.7. The van der Waals surface area contributed by atoms with Crippen LogP contribution >= 0.6 is 0 Å². The molecule has 7 nitrogen and oxygen atoms in total. The molecule has 3 N–H and O–H groups in total. The molecule has 0 saturated carbocycles. The van der Waals surface area contributed by atoms with Crippen molar-refractivity contribution in [2.45, 2.75) is 18.9 Å². The van der Waals surface area contributed by atoms with E-state index in [1.54, 1.807) is 6.33 Å². The summed E-state index contributed by atoms with van der Waals surface area (Å²) in [5.41, 5.74) is 9.85. The molecule has 1 atom stereocenters. The van der Waals surface area contributed by atoms with E-state index in [0.29, 0.717) is 5.65 Å². The lowest BCUT2D eigenvalue weighted by molar-refractivity contribution is 0.713. The van der Waals surface area contributed by atoms with Crippen molar-refractivity contribution in [3.8, 4) is 0 Å². The summed E-state index contributed by atoms with van der Waals surface area (Å²) >= 11 is 0. The molecule has 1 saturated heterocycles. The summed E-state index contributed by atoms with van der Waals surface area (Å²) in [6, 6.07) is 8.95. The normalized spacial score (nSPS) is 17.6. The summed E-state index contributed by atoms with van der Waals surface area (Å²) in [5, 5.41) is 0. The van der Waals surface area contributed by atoms with E-state index < -0.39 is 0 Å². The van der Waals surface area contributed by atoms with Crippen molar-refractivity contribution in [2.75, 3.05) is 36.2 Å². The Bertz CT molecular complexity index is 870. The van der Waals surface area contributed by atoms with E-state index in [2.05, 4.69) is 68.1 Å². The largest absolute Gasteiger partial charge is 0.378 e. The molecule has 0 radical (unpaired) electrons. The van der Waals surface area contributed by atoms with E-state index in [4.69, 9.17) is 5.73 Å². The van der Waals surface area contributed by atoms with Crippen LogP contribution < -0.4 is 15.5 Å². The van der Waals surface area contributed by atoms with Gasteiger partial charge < -0.3 is 20.5 Å². The number of aromatic nitrogens is 4. The molecule has 4 rings (SSSR count). The lowest BCUT2D eigenvalue weighted by Gasteiger charge is -2.27. The fourth-order valence-corrected chi connectivity index (χ4v) is 3.42. The van der Waals surface area contributed by atoms with Gasteiger partial charge in [0.05, 0.1) is 12.4 Å². The zero-order chi connectivity index (χ0) is 16.7. The average molecular weight is 323 g/mol. The third kappa shape index (κ3) is 2.42. The van der Waals surface area contributed by atoms with Gasteiger partial charge in [0.25, 0.3) is 0 Å². The Morgan fingerprint density at radius 1 is 1.29 bits per heavy atom. The molecule has 1 aliphatic heterocycles. The Morgan fingerprint density at radius 2 is 2.17 bits per heavy atom. The van der Waals surface area contributed by atoms with E-state index in [1.165, 1.54) is 11.3 Å². The first-order chi connectivity index (χ1) is 11.6. The smallest absolute Gasteiger partial charge is 0.224 e. The number of nitrogens with two attached hydrogens (primary N) is 1. The first-order valence-electron chi connectivity index (χ1n) is 8.14. The Kier molecular flexibility index (Phi) is 3.48. The van der Waals surface area contributed by atoms with Crippen LogP contribution in [0.3, 0.4) is 0 Å². The molecule has 0 bridgehead atoms. The second-order valence-electron chi connectivity index (χ2n) is 6.35. The SMILES string of the molecule is CN(C)c1cccc(C2CCCN2c2nc(N)nc3nc[nH]c23)c1. The van der Waals surface area contributed by atoms with Gasteiger partial charge in [0.15, 0.2) is 11.5 Å². The molecule has 7 heteroatoms. The topological polar surface area (TPSA) is 87.0 Å². The molecular formula is C17H21N7. The van der Waals surface area contributed by atoms with Crippen LogP contribution in [0.5, 0.6) is 0 Å². The van der Waals surface area contributed by atoms with Crippen molar-refractivity contribution in [2.24, 2.45) is 0 Å². The van der Waals surface area contributed by atoms with Gasteiger partial charge in [-0.1, -0.05) is 12.1 Å². The molecule has 0 spiro atoms. The van der Waals surface area contributed by atoms with Gasteiger partial charge in [-0.3, -0.25) is 0 Å². The fourth-order valence-electron chi connectivity index (χ4n) is 3.42. The van der Waals surface area contributed by atoms with Crippen LogP contribution in [0.4, 0.5) is 17.5 Å². The number of benzene rings is 1. The third-order valence-corrected chi connectivity index (χ3v) is 4.58. The highest BCUT2D eigenvalue weighted by molar-refractivity contribution is 5.84. The number of anilines is 3. The number of nitrogen functional groups attached to an aromatic ring is 1. The molecule has 0 aliphatic carbocycles. The summed E-state index contributed by atoms with van der Waals surface area (Å²) < 4.78 is 0. The third-order valence-electron chi connectivity index (χ3n) is 4.58. The number of hydrogen-bond acceptors (Lipinski definition) is 6. The number of nitrogens with one attached hydrogen (secondary N) is 1. The number of H-pyrrole nitrogens is 1. The Labute approximate surface area is 140 Å². The summed E-state index contributed by atoms with van der Waals surface area (Å²) in [6.07, 6.45) is 3.85. The highest BCUT2D eigenvalue weighted by Crippen LogP contribution is 2.38. The number of fused-ring (bicyclic) bond motifs is 1. The summed E-state index contributed by atoms with van der Waals surface area (Å²) in [7, 11) is 4.12. The van der Waals surface area contributed by atoms with Crippen molar-refractivity contribution in [1.82, 2.24) is 19.9 Å². The number of imidazole rings is 1. The minimum absolute atomic E-state index is 0.261. The Balaban J connectivity index is 1.77. The molecule has 2 aromatic heterocycles. The predicted octanol–water partition coefficient (Wildman–Crippen LogP) is 2.34. The molecule has 1 unspecified atom stereocenters. The summed E-state index contributed by atoms with van der Waals surface area (Å²) in [6.45, 7) is 0.946. The van der Waals surface area contributed by atoms with Crippen LogP contribution in [0.15, 0.2) is 30.6 Å². The fraction of sp³-hybridized carbons (Fsp3) is 0.353. The molecule has 3 heterocycles. The van der Waals surface area contributed by atoms with E-state index in [1.807, 2.05) is 0 Å². The van der Waals surface area contributed by atoms with Gasteiger partial charge in [-0.15, -0.1) is 0 Å².